The monoisotopic (exact) mass is 427 g/mol. The number of fused-ring (bicyclic) bond motifs is 2. The largest absolute Gasteiger partial charge is 0.339 e. The third kappa shape index (κ3) is 4.81. The van der Waals surface area contributed by atoms with Gasteiger partial charge in [0.15, 0.2) is 0 Å². The Kier molecular flexibility index (Phi) is 8.17. The molecule has 0 radical (unpaired) electrons. The molecule has 1 aromatic carbocycles. The lowest BCUT2D eigenvalue weighted by Gasteiger charge is -2.43. The number of rotatable bonds is 5. The number of carbonyl (C=O) groups is 2. The molecule has 1 aromatic rings. The molecule has 0 aromatic heterocycles. The first-order valence-electron chi connectivity index (χ1n) is 10.1. The van der Waals surface area contributed by atoms with Crippen molar-refractivity contribution in [3.63, 3.8) is 0 Å². The summed E-state index contributed by atoms with van der Waals surface area (Å²) in [6.07, 6.45) is 5.24. The van der Waals surface area contributed by atoms with E-state index in [0.29, 0.717) is 41.2 Å². The summed E-state index contributed by atoms with van der Waals surface area (Å²) in [5, 5.41) is 3.36. The maximum atomic E-state index is 12.8. The van der Waals surface area contributed by atoms with E-state index in [9.17, 15) is 9.59 Å². The highest BCUT2D eigenvalue weighted by Gasteiger charge is 2.40. The van der Waals surface area contributed by atoms with Crippen LogP contribution in [0.5, 0.6) is 0 Å². The van der Waals surface area contributed by atoms with Gasteiger partial charge in [-0.3, -0.25) is 9.59 Å². The molecule has 0 heterocycles. The molecule has 5 nitrogen and oxygen atoms in total. The van der Waals surface area contributed by atoms with E-state index in [1.807, 2.05) is 13.8 Å². The van der Waals surface area contributed by atoms with E-state index in [1.54, 1.807) is 23.1 Å². The Morgan fingerprint density at radius 2 is 1.79 bits per heavy atom. The summed E-state index contributed by atoms with van der Waals surface area (Å²) in [6.45, 7) is 5.15. The second-order valence-corrected chi connectivity index (χ2v) is 8.27. The van der Waals surface area contributed by atoms with E-state index < -0.39 is 0 Å². The predicted octanol–water partition coefficient (Wildman–Crippen LogP) is 4.34. The van der Waals surface area contributed by atoms with Crippen LogP contribution in [0.15, 0.2) is 18.2 Å². The summed E-state index contributed by atoms with van der Waals surface area (Å²) in [5.74, 6) is 0.891. The number of nitrogens with two attached hydrogens (primary N) is 1. The molecule has 2 fully saturated rings. The van der Waals surface area contributed by atoms with E-state index in [-0.39, 0.29) is 36.2 Å². The topological polar surface area (TPSA) is 75.4 Å². The van der Waals surface area contributed by atoms with E-state index in [2.05, 4.69) is 5.32 Å². The Morgan fingerprint density at radius 3 is 2.32 bits per heavy atom. The molecule has 0 aliphatic heterocycles. The second kappa shape index (κ2) is 9.95. The predicted molar refractivity (Wildman–Crippen MR) is 116 cm³/mol. The standard InChI is InChI=1S/C21H30ClN3O2.ClH/c1-3-25(4-2)21(27)17-9-8-16(12-18(17)22)24-20(26)15-10-13-6-5-7-14(11-15)19(13)23;/h8-9,12-15,19H,3-7,10-11,23H2,1-2H3,(H,24,26);1H. The summed E-state index contributed by atoms with van der Waals surface area (Å²) >= 11 is 6.33. The first kappa shape index (κ1) is 23.0. The first-order valence-corrected chi connectivity index (χ1v) is 10.5. The summed E-state index contributed by atoms with van der Waals surface area (Å²) in [6, 6.07) is 5.38. The van der Waals surface area contributed by atoms with Crippen molar-refractivity contribution >= 4 is 41.5 Å². The smallest absolute Gasteiger partial charge is 0.255 e. The van der Waals surface area contributed by atoms with Gasteiger partial charge in [0.2, 0.25) is 5.91 Å². The van der Waals surface area contributed by atoms with Crippen LogP contribution < -0.4 is 11.1 Å². The minimum absolute atomic E-state index is 0. The van der Waals surface area contributed by atoms with Gasteiger partial charge < -0.3 is 16.0 Å². The number of nitrogens with zero attached hydrogens (tertiary/aromatic N) is 1. The van der Waals surface area contributed by atoms with Crippen LogP contribution in [-0.2, 0) is 4.79 Å². The van der Waals surface area contributed by atoms with Crippen molar-refractivity contribution in [1.29, 1.82) is 0 Å². The molecular formula is C21H31Cl2N3O2. The first-order chi connectivity index (χ1) is 12.9. The third-order valence-corrected chi connectivity index (χ3v) is 6.61. The van der Waals surface area contributed by atoms with E-state index in [1.165, 1.54) is 6.42 Å². The zero-order valence-electron chi connectivity index (χ0n) is 16.6. The van der Waals surface area contributed by atoms with Gasteiger partial charge in [0.25, 0.3) is 5.91 Å². The summed E-state index contributed by atoms with van der Waals surface area (Å²) in [5.41, 5.74) is 7.44. The van der Waals surface area contributed by atoms with Gasteiger partial charge in [0.05, 0.1) is 10.6 Å². The average Bonchev–Trinajstić information content (AvgIpc) is 2.62. The molecule has 0 spiro atoms. The van der Waals surface area contributed by atoms with Gasteiger partial charge in [-0.15, -0.1) is 12.4 Å². The van der Waals surface area contributed by atoms with Crippen LogP contribution in [0.3, 0.4) is 0 Å². The Labute approximate surface area is 178 Å². The number of carbonyl (C=O) groups excluding carboxylic acids is 2. The zero-order valence-corrected chi connectivity index (χ0v) is 18.2. The molecule has 156 valence electrons. The van der Waals surface area contributed by atoms with Crippen molar-refractivity contribution in [2.75, 3.05) is 18.4 Å². The molecule has 2 aliphatic rings. The van der Waals surface area contributed by atoms with E-state index in [4.69, 9.17) is 17.3 Å². The lowest BCUT2D eigenvalue weighted by molar-refractivity contribution is -0.122. The van der Waals surface area contributed by atoms with Crippen molar-refractivity contribution in [2.24, 2.45) is 23.5 Å². The van der Waals surface area contributed by atoms with Crippen molar-refractivity contribution in [1.82, 2.24) is 4.90 Å². The van der Waals surface area contributed by atoms with Gasteiger partial charge in [0.1, 0.15) is 0 Å². The fourth-order valence-electron chi connectivity index (χ4n) is 4.69. The van der Waals surface area contributed by atoms with Crippen molar-refractivity contribution < 1.29 is 9.59 Å². The highest BCUT2D eigenvalue weighted by atomic mass is 35.5. The number of hydrogen-bond acceptors (Lipinski definition) is 3. The summed E-state index contributed by atoms with van der Waals surface area (Å²) in [4.78, 5) is 27.0. The van der Waals surface area contributed by atoms with Crippen molar-refractivity contribution in [2.45, 2.75) is 52.0 Å². The lowest BCUT2D eigenvalue weighted by atomic mass is 9.65. The summed E-state index contributed by atoms with van der Waals surface area (Å²) < 4.78 is 0. The molecule has 3 rings (SSSR count). The Bertz CT molecular complexity index is 695. The lowest BCUT2D eigenvalue weighted by Crippen LogP contribution is -2.48. The molecule has 28 heavy (non-hydrogen) atoms. The van der Waals surface area contributed by atoms with E-state index >= 15 is 0 Å². The van der Waals surface area contributed by atoms with Gasteiger partial charge in [-0.05, 0) is 69.6 Å². The number of hydrogen-bond donors (Lipinski definition) is 2. The molecule has 2 saturated carbocycles. The highest BCUT2D eigenvalue weighted by molar-refractivity contribution is 6.34. The fourth-order valence-corrected chi connectivity index (χ4v) is 4.96. The van der Waals surface area contributed by atoms with Crippen LogP contribution in [-0.4, -0.2) is 35.8 Å². The maximum absolute atomic E-state index is 12.8. The second-order valence-electron chi connectivity index (χ2n) is 7.86. The number of anilines is 1. The molecule has 3 N–H and O–H groups in total. The van der Waals surface area contributed by atoms with Gasteiger partial charge in [0, 0.05) is 30.7 Å². The molecule has 2 unspecified atom stereocenters. The number of nitrogens with one attached hydrogen (secondary N) is 1. The minimum atomic E-state index is -0.0861. The quantitative estimate of drug-likeness (QED) is 0.733. The normalized spacial score (nSPS) is 26.1. The van der Waals surface area contributed by atoms with Crippen LogP contribution in [0.1, 0.15) is 56.3 Å². The minimum Gasteiger partial charge on any atom is -0.339 e. The Balaban J connectivity index is 0.00000280. The van der Waals surface area contributed by atoms with Gasteiger partial charge in [-0.1, -0.05) is 18.0 Å². The van der Waals surface area contributed by atoms with Crippen LogP contribution in [0.2, 0.25) is 5.02 Å². The van der Waals surface area contributed by atoms with Gasteiger partial charge in [-0.25, -0.2) is 0 Å². The fraction of sp³-hybridized carbons (Fsp3) is 0.619. The number of amides is 2. The van der Waals surface area contributed by atoms with Crippen molar-refractivity contribution in [3.8, 4) is 0 Å². The average molecular weight is 428 g/mol. The highest BCUT2D eigenvalue weighted by Crippen LogP contribution is 2.42. The summed E-state index contributed by atoms with van der Waals surface area (Å²) in [7, 11) is 0. The van der Waals surface area contributed by atoms with Gasteiger partial charge in [-0.2, -0.15) is 0 Å². The Hall–Kier alpha value is -1.30. The van der Waals surface area contributed by atoms with Crippen LogP contribution in [0.25, 0.3) is 0 Å². The molecule has 2 aliphatic carbocycles. The van der Waals surface area contributed by atoms with Crippen molar-refractivity contribution in [3.05, 3.63) is 28.8 Å². The number of benzene rings is 1. The molecule has 7 heteroatoms. The van der Waals surface area contributed by atoms with Crippen LogP contribution in [0, 0.1) is 17.8 Å². The third-order valence-electron chi connectivity index (χ3n) is 6.30. The molecular weight excluding hydrogens is 397 g/mol. The Morgan fingerprint density at radius 1 is 1.18 bits per heavy atom. The molecule has 2 amide bonds. The maximum Gasteiger partial charge on any atom is 0.255 e. The molecule has 2 atom stereocenters. The van der Waals surface area contributed by atoms with Gasteiger partial charge >= 0.3 is 0 Å². The molecule has 0 saturated heterocycles. The zero-order chi connectivity index (χ0) is 19.6. The van der Waals surface area contributed by atoms with Crippen LogP contribution in [0.4, 0.5) is 5.69 Å². The SMILES string of the molecule is CCN(CC)C(=O)c1ccc(NC(=O)C2CC3CCCC(C2)C3N)cc1Cl.Cl. The number of halogens is 2. The van der Waals surface area contributed by atoms with E-state index in [0.717, 1.165) is 25.7 Å². The van der Waals surface area contributed by atoms with Crippen LogP contribution >= 0.6 is 24.0 Å². The molecule has 2 bridgehead atoms.